The quantitative estimate of drug-likeness (QED) is 0.872. The highest BCUT2D eigenvalue weighted by Gasteiger charge is 2.18. The summed E-state index contributed by atoms with van der Waals surface area (Å²) in [5.41, 5.74) is 6.51. The first-order chi connectivity index (χ1) is 9.54. The van der Waals surface area contributed by atoms with Crippen LogP contribution in [0.2, 0.25) is 0 Å². The summed E-state index contributed by atoms with van der Waals surface area (Å²) in [7, 11) is 2.01. The van der Waals surface area contributed by atoms with Gasteiger partial charge in [-0.25, -0.2) is 8.78 Å². The lowest BCUT2D eigenvalue weighted by Crippen LogP contribution is -2.31. The van der Waals surface area contributed by atoms with Gasteiger partial charge < -0.3 is 15.4 Å². The first kappa shape index (κ1) is 15.4. The second kappa shape index (κ2) is 7.11. The van der Waals surface area contributed by atoms with E-state index >= 15 is 0 Å². The fourth-order valence-electron chi connectivity index (χ4n) is 2.54. The summed E-state index contributed by atoms with van der Waals surface area (Å²) in [5, 5.41) is 0. The Morgan fingerprint density at radius 2 is 2.05 bits per heavy atom. The zero-order valence-electron chi connectivity index (χ0n) is 11.8. The molecule has 0 aliphatic carbocycles. The van der Waals surface area contributed by atoms with Crippen molar-refractivity contribution in [3.8, 4) is 0 Å². The molecule has 3 nitrogen and oxygen atoms in total. The SMILES string of the molecule is CN(CCC(N)c1cc(F)cc(F)c1)CC1CCCO1. The van der Waals surface area contributed by atoms with E-state index in [1.807, 2.05) is 7.05 Å². The van der Waals surface area contributed by atoms with Gasteiger partial charge in [0.2, 0.25) is 0 Å². The number of benzene rings is 1. The van der Waals surface area contributed by atoms with Gasteiger partial charge in [0.05, 0.1) is 6.10 Å². The summed E-state index contributed by atoms with van der Waals surface area (Å²) in [5.74, 6) is -1.16. The molecule has 1 aliphatic rings. The molecule has 2 N–H and O–H groups in total. The molecule has 1 aromatic rings. The van der Waals surface area contributed by atoms with E-state index in [0.29, 0.717) is 18.1 Å². The van der Waals surface area contributed by atoms with E-state index in [-0.39, 0.29) is 6.04 Å². The van der Waals surface area contributed by atoms with E-state index in [1.165, 1.54) is 12.1 Å². The number of hydrogen-bond donors (Lipinski definition) is 1. The Bertz CT molecular complexity index is 416. The normalized spacial score (nSPS) is 20.6. The highest BCUT2D eigenvalue weighted by Crippen LogP contribution is 2.18. The highest BCUT2D eigenvalue weighted by atomic mass is 19.1. The summed E-state index contributed by atoms with van der Waals surface area (Å²) in [6.45, 7) is 2.50. The third-order valence-electron chi connectivity index (χ3n) is 3.67. The second-order valence-corrected chi connectivity index (χ2v) is 5.50. The molecule has 0 spiro atoms. The molecular weight excluding hydrogens is 262 g/mol. The van der Waals surface area contributed by atoms with Gasteiger partial charge in [0.1, 0.15) is 11.6 Å². The van der Waals surface area contributed by atoms with Gasteiger partial charge in [0.15, 0.2) is 0 Å². The summed E-state index contributed by atoms with van der Waals surface area (Å²) < 4.78 is 31.8. The molecule has 1 heterocycles. The van der Waals surface area contributed by atoms with Crippen LogP contribution in [-0.4, -0.2) is 37.7 Å². The summed E-state index contributed by atoms with van der Waals surface area (Å²) in [6, 6.07) is 3.11. The zero-order valence-corrected chi connectivity index (χ0v) is 11.8. The topological polar surface area (TPSA) is 38.5 Å². The first-order valence-corrected chi connectivity index (χ1v) is 7.06. The van der Waals surface area contributed by atoms with Crippen LogP contribution < -0.4 is 5.73 Å². The first-order valence-electron chi connectivity index (χ1n) is 7.06. The van der Waals surface area contributed by atoms with Gasteiger partial charge in [-0.05, 0) is 50.6 Å². The molecule has 0 aromatic heterocycles. The van der Waals surface area contributed by atoms with Crippen molar-refractivity contribution < 1.29 is 13.5 Å². The van der Waals surface area contributed by atoms with Gasteiger partial charge in [-0.15, -0.1) is 0 Å². The minimum Gasteiger partial charge on any atom is -0.377 e. The van der Waals surface area contributed by atoms with Crippen molar-refractivity contribution in [2.24, 2.45) is 5.73 Å². The molecule has 0 amide bonds. The van der Waals surface area contributed by atoms with E-state index in [2.05, 4.69) is 4.90 Å². The summed E-state index contributed by atoms with van der Waals surface area (Å²) in [6.07, 6.45) is 3.20. The van der Waals surface area contributed by atoms with E-state index in [0.717, 1.165) is 38.6 Å². The minimum atomic E-state index is -0.580. The molecular formula is C15H22F2N2O. The van der Waals surface area contributed by atoms with Gasteiger partial charge >= 0.3 is 0 Å². The van der Waals surface area contributed by atoms with Crippen LogP contribution in [0.1, 0.15) is 30.9 Å². The summed E-state index contributed by atoms with van der Waals surface area (Å²) >= 11 is 0. The fourth-order valence-corrected chi connectivity index (χ4v) is 2.54. The molecule has 2 atom stereocenters. The molecule has 1 saturated heterocycles. The Morgan fingerprint density at radius 1 is 1.35 bits per heavy atom. The lowest BCUT2D eigenvalue weighted by Gasteiger charge is -2.22. The number of nitrogens with zero attached hydrogens (tertiary/aromatic N) is 1. The molecule has 0 saturated carbocycles. The van der Waals surface area contributed by atoms with Crippen molar-refractivity contribution in [1.29, 1.82) is 0 Å². The van der Waals surface area contributed by atoms with Crippen LogP contribution in [-0.2, 0) is 4.74 Å². The van der Waals surface area contributed by atoms with Crippen LogP contribution >= 0.6 is 0 Å². The minimum absolute atomic E-state index is 0.308. The fraction of sp³-hybridized carbons (Fsp3) is 0.600. The Kier molecular flexibility index (Phi) is 5.46. The van der Waals surface area contributed by atoms with Crippen molar-refractivity contribution in [2.75, 3.05) is 26.7 Å². The van der Waals surface area contributed by atoms with Crippen molar-refractivity contribution >= 4 is 0 Å². The molecule has 20 heavy (non-hydrogen) atoms. The zero-order chi connectivity index (χ0) is 14.5. The van der Waals surface area contributed by atoms with Crippen LogP contribution in [0.3, 0.4) is 0 Å². The van der Waals surface area contributed by atoms with Gasteiger partial charge in [0, 0.05) is 25.3 Å². The highest BCUT2D eigenvalue weighted by molar-refractivity contribution is 5.21. The van der Waals surface area contributed by atoms with Gasteiger partial charge in [-0.1, -0.05) is 0 Å². The third-order valence-corrected chi connectivity index (χ3v) is 3.67. The van der Waals surface area contributed by atoms with E-state index in [9.17, 15) is 8.78 Å². The Balaban J connectivity index is 1.80. The van der Waals surface area contributed by atoms with Crippen LogP contribution in [0.25, 0.3) is 0 Å². The molecule has 1 aromatic carbocycles. The smallest absolute Gasteiger partial charge is 0.126 e. The number of nitrogens with two attached hydrogens (primary N) is 1. The maximum absolute atomic E-state index is 13.1. The van der Waals surface area contributed by atoms with Crippen LogP contribution in [0.4, 0.5) is 8.78 Å². The second-order valence-electron chi connectivity index (χ2n) is 5.50. The van der Waals surface area contributed by atoms with E-state index in [1.54, 1.807) is 0 Å². The maximum atomic E-state index is 13.1. The molecule has 112 valence electrons. The molecule has 1 aliphatic heterocycles. The van der Waals surface area contributed by atoms with Crippen molar-refractivity contribution in [3.05, 3.63) is 35.4 Å². The van der Waals surface area contributed by atoms with Crippen molar-refractivity contribution in [2.45, 2.75) is 31.4 Å². The Hall–Kier alpha value is -1.04. The van der Waals surface area contributed by atoms with Crippen LogP contribution in [0, 0.1) is 11.6 Å². The number of rotatable bonds is 6. The van der Waals surface area contributed by atoms with Gasteiger partial charge in [0.25, 0.3) is 0 Å². The van der Waals surface area contributed by atoms with Crippen LogP contribution in [0.15, 0.2) is 18.2 Å². The lowest BCUT2D eigenvalue weighted by atomic mass is 10.0. The Morgan fingerprint density at radius 3 is 2.65 bits per heavy atom. The molecule has 5 heteroatoms. The number of hydrogen-bond acceptors (Lipinski definition) is 3. The van der Waals surface area contributed by atoms with Gasteiger partial charge in [-0.2, -0.15) is 0 Å². The molecule has 2 unspecified atom stereocenters. The Labute approximate surface area is 118 Å². The standard InChI is InChI=1S/C15H22F2N2O/c1-19(10-14-3-2-6-20-14)5-4-15(18)11-7-12(16)9-13(17)8-11/h7-9,14-15H,2-6,10,18H2,1H3. The van der Waals surface area contributed by atoms with Crippen LogP contribution in [0.5, 0.6) is 0 Å². The summed E-state index contributed by atoms with van der Waals surface area (Å²) in [4.78, 5) is 2.16. The largest absolute Gasteiger partial charge is 0.377 e. The number of ether oxygens (including phenoxy) is 1. The third kappa shape index (κ3) is 4.51. The number of likely N-dealkylation sites (N-methyl/N-ethyl adjacent to an activating group) is 1. The average molecular weight is 284 g/mol. The molecule has 1 fully saturated rings. The maximum Gasteiger partial charge on any atom is 0.126 e. The lowest BCUT2D eigenvalue weighted by molar-refractivity contribution is 0.0804. The van der Waals surface area contributed by atoms with E-state index < -0.39 is 11.6 Å². The molecule has 0 bridgehead atoms. The van der Waals surface area contributed by atoms with Gasteiger partial charge in [-0.3, -0.25) is 0 Å². The predicted octanol–water partition coefficient (Wildman–Crippen LogP) is 2.47. The monoisotopic (exact) mass is 284 g/mol. The van der Waals surface area contributed by atoms with Crippen molar-refractivity contribution in [1.82, 2.24) is 4.90 Å². The number of halogens is 2. The predicted molar refractivity (Wildman–Crippen MR) is 74.4 cm³/mol. The molecule has 2 rings (SSSR count). The van der Waals surface area contributed by atoms with Crippen molar-refractivity contribution in [3.63, 3.8) is 0 Å². The molecule has 0 radical (unpaired) electrons. The average Bonchev–Trinajstić information content (AvgIpc) is 2.87. The van der Waals surface area contributed by atoms with E-state index in [4.69, 9.17) is 10.5 Å².